The van der Waals surface area contributed by atoms with Crippen molar-refractivity contribution in [3.63, 3.8) is 0 Å². The molecule has 1 unspecified atom stereocenters. The lowest BCUT2D eigenvalue weighted by Crippen LogP contribution is -2.38. The second-order valence-electron chi connectivity index (χ2n) is 4.95. The lowest BCUT2D eigenvalue weighted by atomic mass is 10.2. The van der Waals surface area contributed by atoms with E-state index in [-0.39, 0.29) is 23.1 Å². The molecule has 116 valence electrons. The summed E-state index contributed by atoms with van der Waals surface area (Å²) in [5, 5.41) is 17.4. The predicted octanol–water partition coefficient (Wildman–Crippen LogP) is 1.52. The molecule has 0 aromatic heterocycles. The first-order valence-corrected chi connectivity index (χ1v) is 8.08. The number of sulfonamides is 1. The molecule has 1 rings (SSSR count). The molecule has 0 fully saturated rings. The lowest BCUT2D eigenvalue weighted by Gasteiger charge is -2.23. The number of hydrogen-bond acceptors (Lipinski definition) is 5. The Morgan fingerprint density at radius 1 is 1.32 bits per heavy atom. The van der Waals surface area contributed by atoms with Crippen molar-refractivity contribution >= 4 is 10.0 Å². The van der Waals surface area contributed by atoms with Gasteiger partial charge in [0.15, 0.2) is 0 Å². The van der Waals surface area contributed by atoms with Crippen molar-refractivity contribution in [2.24, 2.45) is 0 Å². The third kappa shape index (κ3) is 4.88. The maximum atomic E-state index is 12.2. The Bertz CT molecular complexity index is 708. The zero-order valence-electron chi connectivity index (χ0n) is 12.7. The number of benzene rings is 1. The van der Waals surface area contributed by atoms with Crippen LogP contribution in [0.3, 0.4) is 0 Å². The molecule has 0 saturated heterocycles. The van der Waals surface area contributed by atoms with Gasteiger partial charge in [-0.2, -0.15) is 10.5 Å². The number of rotatable bonds is 6. The maximum Gasteiger partial charge on any atom is 0.240 e. The van der Waals surface area contributed by atoms with Crippen LogP contribution in [0.2, 0.25) is 0 Å². The SMILES string of the molecule is Cc1ccc(S(=O)(=O)NCC(C)N(C)C=C(C#N)C#N)cc1. The average molecular weight is 318 g/mol. The van der Waals surface area contributed by atoms with Crippen molar-refractivity contribution < 1.29 is 8.42 Å². The average Bonchev–Trinajstić information content (AvgIpc) is 2.50. The quantitative estimate of drug-likeness (QED) is 0.802. The standard InChI is InChI=1S/C15H18N4O2S/c1-12-4-6-15(7-5-12)22(20,21)18-10-13(2)19(3)11-14(8-16)9-17/h4-7,11,13,18H,10H2,1-3H3. The predicted molar refractivity (Wildman–Crippen MR) is 82.9 cm³/mol. The van der Waals surface area contributed by atoms with Gasteiger partial charge in [0.05, 0.1) is 4.90 Å². The molecule has 0 aliphatic carbocycles. The lowest BCUT2D eigenvalue weighted by molar-refractivity contribution is 0.349. The Balaban J connectivity index is 2.73. The Morgan fingerprint density at radius 2 is 1.86 bits per heavy atom. The summed E-state index contributed by atoms with van der Waals surface area (Å²) in [6.07, 6.45) is 1.39. The third-order valence-electron chi connectivity index (χ3n) is 3.17. The zero-order chi connectivity index (χ0) is 16.8. The minimum atomic E-state index is -3.57. The van der Waals surface area contributed by atoms with Crippen LogP contribution in [0.5, 0.6) is 0 Å². The van der Waals surface area contributed by atoms with E-state index in [2.05, 4.69) is 4.72 Å². The van der Waals surface area contributed by atoms with Crippen LogP contribution >= 0.6 is 0 Å². The topological polar surface area (TPSA) is 97.0 Å². The Labute approximate surface area is 131 Å². The molecule has 0 heterocycles. The van der Waals surface area contributed by atoms with Crippen LogP contribution in [0.15, 0.2) is 40.9 Å². The van der Waals surface area contributed by atoms with Gasteiger partial charge in [-0.3, -0.25) is 0 Å². The molecule has 7 heteroatoms. The Hall–Kier alpha value is -2.35. The number of nitrogens with one attached hydrogen (secondary N) is 1. The molecule has 0 radical (unpaired) electrons. The summed E-state index contributed by atoms with van der Waals surface area (Å²) >= 11 is 0. The van der Waals surface area contributed by atoms with Crippen molar-refractivity contribution in [3.8, 4) is 12.1 Å². The summed E-state index contributed by atoms with van der Waals surface area (Å²) < 4.78 is 26.8. The maximum absolute atomic E-state index is 12.2. The van der Waals surface area contributed by atoms with Gasteiger partial charge in [0.25, 0.3) is 0 Å². The van der Waals surface area contributed by atoms with Crippen LogP contribution < -0.4 is 4.72 Å². The van der Waals surface area contributed by atoms with Gasteiger partial charge in [0, 0.05) is 25.8 Å². The molecule has 0 amide bonds. The van der Waals surface area contributed by atoms with Gasteiger partial charge in [-0.25, -0.2) is 13.1 Å². The highest BCUT2D eigenvalue weighted by molar-refractivity contribution is 7.89. The molecular formula is C15H18N4O2S. The van der Waals surface area contributed by atoms with Crippen LogP contribution in [-0.2, 0) is 10.0 Å². The number of allylic oxidation sites excluding steroid dienone is 1. The number of hydrogen-bond donors (Lipinski definition) is 1. The molecule has 0 bridgehead atoms. The Morgan fingerprint density at radius 3 is 2.36 bits per heavy atom. The van der Waals surface area contributed by atoms with Gasteiger partial charge in [-0.1, -0.05) is 17.7 Å². The Kier molecular flexibility index (Phi) is 6.11. The van der Waals surface area contributed by atoms with Gasteiger partial charge in [0.2, 0.25) is 10.0 Å². The van der Waals surface area contributed by atoms with Gasteiger partial charge >= 0.3 is 0 Å². The first-order valence-electron chi connectivity index (χ1n) is 6.60. The molecule has 1 aromatic carbocycles. The molecule has 0 saturated carbocycles. The van der Waals surface area contributed by atoms with Crippen LogP contribution in [0.1, 0.15) is 12.5 Å². The molecule has 0 aliphatic heterocycles. The summed E-state index contributed by atoms with van der Waals surface area (Å²) in [6.45, 7) is 3.84. The minimum absolute atomic E-state index is 0.0317. The van der Waals surface area contributed by atoms with Crippen LogP contribution in [0, 0.1) is 29.6 Å². The number of nitriles is 2. The number of likely N-dealkylation sites (N-methyl/N-ethyl adjacent to an activating group) is 1. The second kappa shape index (κ2) is 7.60. The molecule has 1 atom stereocenters. The smallest absolute Gasteiger partial charge is 0.240 e. The summed E-state index contributed by atoms with van der Waals surface area (Å²) in [4.78, 5) is 1.83. The van der Waals surface area contributed by atoms with E-state index < -0.39 is 10.0 Å². The zero-order valence-corrected chi connectivity index (χ0v) is 13.6. The van der Waals surface area contributed by atoms with Crippen molar-refractivity contribution in [2.45, 2.75) is 24.8 Å². The third-order valence-corrected chi connectivity index (χ3v) is 4.61. The number of nitrogens with zero attached hydrogens (tertiary/aromatic N) is 3. The van der Waals surface area contributed by atoms with E-state index in [0.717, 1.165) is 5.56 Å². The van der Waals surface area contributed by atoms with Gasteiger partial charge in [0.1, 0.15) is 17.7 Å². The van der Waals surface area contributed by atoms with Crippen LogP contribution in [0.4, 0.5) is 0 Å². The highest BCUT2D eigenvalue weighted by atomic mass is 32.2. The fraction of sp³-hybridized carbons (Fsp3) is 0.333. The molecule has 6 nitrogen and oxygen atoms in total. The second-order valence-corrected chi connectivity index (χ2v) is 6.71. The van der Waals surface area contributed by atoms with E-state index in [4.69, 9.17) is 10.5 Å². The molecule has 1 aromatic rings. The van der Waals surface area contributed by atoms with E-state index in [1.807, 2.05) is 6.92 Å². The van der Waals surface area contributed by atoms with Crippen molar-refractivity contribution in [2.75, 3.05) is 13.6 Å². The molecule has 22 heavy (non-hydrogen) atoms. The van der Waals surface area contributed by atoms with Gasteiger partial charge < -0.3 is 4.90 Å². The van der Waals surface area contributed by atoms with E-state index in [1.165, 1.54) is 6.20 Å². The van der Waals surface area contributed by atoms with Crippen LogP contribution in [-0.4, -0.2) is 33.0 Å². The van der Waals surface area contributed by atoms with Crippen molar-refractivity contribution in [3.05, 3.63) is 41.6 Å². The van der Waals surface area contributed by atoms with Gasteiger partial charge in [-0.05, 0) is 26.0 Å². The summed E-state index contributed by atoms with van der Waals surface area (Å²) in [6, 6.07) is 9.88. The largest absolute Gasteiger partial charge is 0.375 e. The van der Waals surface area contributed by atoms with Crippen molar-refractivity contribution in [1.29, 1.82) is 10.5 Å². The molecule has 0 aliphatic rings. The van der Waals surface area contributed by atoms with E-state index in [0.29, 0.717) is 0 Å². The summed E-state index contributed by atoms with van der Waals surface area (Å²) in [7, 11) is -1.89. The van der Waals surface area contributed by atoms with Gasteiger partial charge in [-0.15, -0.1) is 0 Å². The highest BCUT2D eigenvalue weighted by Crippen LogP contribution is 2.10. The first kappa shape index (κ1) is 17.7. The fourth-order valence-corrected chi connectivity index (χ4v) is 2.71. The summed E-state index contributed by atoms with van der Waals surface area (Å²) in [5.74, 6) is 0. The minimum Gasteiger partial charge on any atom is -0.375 e. The monoisotopic (exact) mass is 318 g/mol. The normalized spacial score (nSPS) is 11.9. The van der Waals surface area contributed by atoms with E-state index in [1.54, 1.807) is 55.3 Å². The fourth-order valence-electron chi connectivity index (χ4n) is 1.59. The number of aryl methyl sites for hydroxylation is 1. The highest BCUT2D eigenvalue weighted by Gasteiger charge is 2.16. The first-order chi connectivity index (χ1) is 10.3. The van der Waals surface area contributed by atoms with E-state index in [9.17, 15) is 8.42 Å². The van der Waals surface area contributed by atoms with Crippen LogP contribution in [0.25, 0.3) is 0 Å². The molecule has 1 N–H and O–H groups in total. The summed E-state index contributed by atoms with van der Waals surface area (Å²) in [5.41, 5.74) is 0.952. The van der Waals surface area contributed by atoms with Crippen molar-refractivity contribution in [1.82, 2.24) is 9.62 Å². The molecular weight excluding hydrogens is 300 g/mol. The molecule has 0 spiro atoms. The van der Waals surface area contributed by atoms with E-state index >= 15 is 0 Å².